The van der Waals surface area contributed by atoms with Gasteiger partial charge in [-0.2, -0.15) is 0 Å². The van der Waals surface area contributed by atoms with Gasteiger partial charge in [0, 0.05) is 17.9 Å². The van der Waals surface area contributed by atoms with E-state index in [0.717, 1.165) is 24.0 Å². The van der Waals surface area contributed by atoms with Gasteiger partial charge >= 0.3 is 0 Å². The van der Waals surface area contributed by atoms with Crippen molar-refractivity contribution in [2.45, 2.75) is 58.3 Å². The van der Waals surface area contributed by atoms with Crippen LogP contribution in [0.25, 0.3) is 0 Å². The first-order valence-electron chi connectivity index (χ1n) is 12.0. The van der Waals surface area contributed by atoms with Crippen molar-refractivity contribution in [3.8, 4) is 0 Å². The highest BCUT2D eigenvalue weighted by atomic mass is 16.3. The zero-order valence-corrected chi connectivity index (χ0v) is 19.4. The first-order chi connectivity index (χ1) is 15.3. The van der Waals surface area contributed by atoms with Crippen LogP contribution in [0.3, 0.4) is 0 Å². The summed E-state index contributed by atoms with van der Waals surface area (Å²) in [6, 6.07) is 10.0. The third kappa shape index (κ3) is 3.78. The van der Waals surface area contributed by atoms with Crippen LogP contribution in [0, 0.1) is 35.0 Å². The lowest BCUT2D eigenvalue weighted by molar-refractivity contribution is -0.147. The Morgan fingerprint density at radius 1 is 1.09 bits per heavy atom. The molecule has 2 aliphatic carbocycles. The maximum atomic E-state index is 13.8. The van der Waals surface area contributed by atoms with E-state index in [1.807, 2.05) is 43.4 Å². The van der Waals surface area contributed by atoms with Gasteiger partial charge in [0.25, 0.3) is 0 Å². The number of allylic oxidation sites excluding steroid dienone is 2. The van der Waals surface area contributed by atoms with Gasteiger partial charge in [0.1, 0.15) is 0 Å². The van der Waals surface area contributed by atoms with Gasteiger partial charge in [-0.1, -0.05) is 82.0 Å². The van der Waals surface area contributed by atoms with E-state index in [-0.39, 0.29) is 23.8 Å². The maximum absolute atomic E-state index is 13.8. The van der Waals surface area contributed by atoms with Gasteiger partial charge in [0.2, 0.25) is 5.91 Å². The van der Waals surface area contributed by atoms with Crippen molar-refractivity contribution in [1.82, 2.24) is 5.32 Å². The van der Waals surface area contributed by atoms with E-state index in [0.29, 0.717) is 18.3 Å². The van der Waals surface area contributed by atoms with Gasteiger partial charge in [0.05, 0.1) is 17.6 Å². The van der Waals surface area contributed by atoms with Crippen LogP contribution in [0.1, 0.15) is 39.2 Å². The quantitative estimate of drug-likeness (QED) is 0.614. The molecule has 3 N–H and O–H groups in total. The van der Waals surface area contributed by atoms with E-state index in [1.165, 1.54) is 0 Å². The zero-order valence-electron chi connectivity index (χ0n) is 19.4. The molecule has 1 aromatic rings. The number of hydrogen-bond acceptors (Lipinski definition) is 3. The Hall–Kier alpha value is -2.17. The average molecular weight is 436 g/mol. The summed E-state index contributed by atoms with van der Waals surface area (Å²) in [5, 5.41) is 26.2. The van der Waals surface area contributed by atoms with Crippen molar-refractivity contribution < 1.29 is 15.0 Å². The lowest BCUT2D eigenvalue weighted by atomic mass is 9.51. The normalized spacial score (nSPS) is 42.0. The van der Waals surface area contributed by atoms with E-state index in [1.54, 1.807) is 0 Å². The van der Waals surface area contributed by atoms with Crippen LogP contribution in [0.5, 0.6) is 0 Å². The summed E-state index contributed by atoms with van der Waals surface area (Å²) >= 11 is 0. The number of hydrogen-bond donors (Lipinski definition) is 3. The molecule has 3 aliphatic rings. The average Bonchev–Trinajstić information content (AvgIpc) is 3.04. The fraction of sp³-hybridized carbons (Fsp3) is 0.536. The van der Waals surface area contributed by atoms with Crippen LogP contribution >= 0.6 is 0 Å². The summed E-state index contributed by atoms with van der Waals surface area (Å²) in [5.74, 6) is -0.157. The summed E-state index contributed by atoms with van der Waals surface area (Å²) in [5.41, 5.74) is 0.775. The Labute approximate surface area is 192 Å². The Kier molecular flexibility index (Phi) is 6.46. The number of benzene rings is 1. The number of carbonyl (C=O) groups is 1. The van der Waals surface area contributed by atoms with Gasteiger partial charge in [-0.15, -0.1) is 0 Å². The van der Waals surface area contributed by atoms with Crippen LogP contribution in [0.2, 0.25) is 0 Å². The van der Waals surface area contributed by atoms with Crippen molar-refractivity contribution in [3.05, 3.63) is 72.4 Å². The van der Waals surface area contributed by atoms with E-state index in [2.05, 4.69) is 44.0 Å². The molecule has 172 valence electrons. The topological polar surface area (TPSA) is 69.6 Å². The molecule has 1 aliphatic heterocycles. The van der Waals surface area contributed by atoms with Gasteiger partial charge in [0.15, 0.2) is 0 Å². The summed E-state index contributed by atoms with van der Waals surface area (Å²) < 4.78 is 0. The molecule has 1 saturated carbocycles. The molecule has 1 heterocycles. The van der Waals surface area contributed by atoms with E-state index >= 15 is 0 Å². The van der Waals surface area contributed by atoms with Gasteiger partial charge in [-0.25, -0.2) is 0 Å². The predicted molar refractivity (Wildman–Crippen MR) is 128 cm³/mol. The minimum atomic E-state index is -1.13. The predicted octanol–water partition coefficient (Wildman–Crippen LogP) is 4.05. The van der Waals surface area contributed by atoms with Crippen molar-refractivity contribution in [2.75, 3.05) is 0 Å². The molecule has 4 heteroatoms. The molecule has 4 rings (SSSR count). The van der Waals surface area contributed by atoms with E-state index in [9.17, 15) is 15.0 Å². The number of amides is 1. The first kappa shape index (κ1) is 23.0. The standard InChI is InChI=1S/C28H37NO3/c1-17-9-8-12-22-26(31)20(4)19(3)25-23(16-21-10-6-5-7-11-21)29-27(32)28(22,25)24(30)14-13-18(2)15-17/h5-8,10-14,17-19,22-26,30-31H,4,9,15-16H2,1-3H3,(H,29,32)/t17-,18+,19+,22-,23-,24+,25-,26+,28+/m0/s1. The SMILES string of the molecule is C=C1[C@@H](C)[C@H]2[C@H](Cc3ccccc3)NC(=O)[C@]23[C@H](O)C=C[C@@H](C)C[C@@H](C)CC=C[C@H]3[C@@H]1O. The fourth-order valence-electron chi connectivity index (χ4n) is 6.56. The lowest BCUT2D eigenvalue weighted by Crippen LogP contribution is -2.59. The second kappa shape index (κ2) is 8.99. The molecular formula is C28H37NO3. The first-order valence-corrected chi connectivity index (χ1v) is 12.0. The minimum Gasteiger partial charge on any atom is -0.388 e. The van der Waals surface area contributed by atoms with Crippen LogP contribution in [0.15, 0.2) is 66.8 Å². The van der Waals surface area contributed by atoms with Crippen molar-refractivity contribution in [2.24, 2.45) is 35.0 Å². The molecule has 32 heavy (non-hydrogen) atoms. The Morgan fingerprint density at radius 2 is 1.81 bits per heavy atom. The molecular weight excluding hydrogens is 398 g/mol. The summed E-state index contributed by atoms with van der Waals surface area (Å²) in [7, 11) is 0. The third-order valence-electron chi connectivity index (χ3n) is 8.16. The van der Waals surface area contributed by atoms with Crippen LogP contribution in [-0.4, -0.2) is 34.4 Å². The summed E-state index contributed by atoms with van der Waals surface area (Å²) in [6.45, 7) is 10.7. The molecule has 2 fully saturated rings. The highest BCUT2D eigenvalue weighted by molar-refractivity contribution is 5.88. The maximum Gasteiger partial charge on any atom is 0.230 e. The smallest absolute Gasteiger partial charge is 0.230 e. The summed E-state index contributed by atoms with van der Waals surface area (Å²) in [4.78, 5) is 13.8. The molecule has 1 spiro atoms. The minimum absolute atomic E-state index is 0.105. The van der Waals surface area contributed by atoms with Crippen molar-refractivity contribution in [1.29, 1.82) is 0 Å². The summed E-state index contributed by atoms with van der Waals surface area (Å²) in [6.07, 6.45) is 8.69. The highest BCUT2D eigenvalue weighted by Gasteiger charge is 2.67. The number of nitrogens with one attached hydrogen (secondary N) is 1. The van der Waals surface area contributed by atoms with E-state index in [4.69, 9.17) is 0 Å². The number of aliphatic hydroxyl groups excluding tert-OH is 2. The zero-order chi connectivity index (χ0) is 23.0. The lowest BCUT2D eigenvalue weighted by Gasteiger charge is -2.51. The molecule has 1 amide bonds. The molecule has 1 saturated heterocycles. The molecule has 0 aromatic heterocycles. The number of aliphatic hydroxyl groups is 2. The van der Waals surface area contributed by atoms with Crippen molar-refractivity contribution in [3.63, 3.8) is 0 Å². The van der Waals surface area contributed by atoms with Crippen LogP contribution in [-0.2, 0) is 11.2 Å². The molecule has 1 aromatic carbocycles. The van der Waals surface area contributed by atoms with Crippen LogP contribution < -0.4 is 5.32 Å². The molecule has 0 radical (unpaired) electrons. The number of carbonyl (C=O) groups excluding carboxylic acids is 1. The molecule has 9 atom stereocenters. The molecule has 0 unspecified atom stereocenters. The molecule has 4 nitrogen and oxygen atoms in total. The Balaban J connectivity index is 1.83. The van der Waals surface area contributed by atoms with Gasteiger partial charge < -0.3 is 15.5 Å². The second-order valence-electron chi connectivity index (χ2n) is 10.4. The van der Waals surface area contributed by atoms with Crippen molar-refractivity contribution >= 4 is 5.91 Å². The molecule has 0 bridgehead atoms. The Bertz CT molecular complexity index is 907. The van der Waals surface area contributed by atoms with Gasteiger partial charge in [-0.3, -0.25) is 4.79 Å². The largest absolute Gasteiger partial charge is 0.388 e. The van der Waals surface area contributed by atoms with Crippen LogP contribution in [0.4, 0.5) is 0 Å². The van der Waals surface area contributed by atoms with Gasteiger partial charge in [-0.05, 0) is 48.2 Å². The fourth-order valence-corrected chi connectivity index (χ4v) is 6.56. The third-order valence-corrected chi connectivity index (χ3v) is 8.16. The highest BCUT2D eigenvalue weighted by Crippen LogP contribution is 2.57. The second-order valence-corrected chi connectivity index (χ2v) is 10.4. The Morgan fingerprint density at radius 3 is 2.53 bits per heavy atom. The number of rotatable bonds is 2. The van der Waals surface area contributed by atoms with E-state index < -0.39 is 23.5 Å². The monoisotopic (exact) mass is 435 g/mol.